The highest BCUT2D eigenvalue weighted by Gasteiger charge is 2.15. The summed E-state index contributed by atoms with van der Waals surface area (Å²) < 4.78 is 13.7. The Balaban J connectivity index is 1.86. The fraction of sp³-hybridized carbons (Fsp3) is 0.333. The van der Waals surface area contributed by atoms with Gasteiger partial charge in [0, 0.05) is 11.1 Å². The fourth-order valence-corrected chi connectivity index (χ4v) is 4.16. The molecule has 0 aliphatic rings. The minimum absolute atomic E-state index is 0.245. The molecule has 0 amide bonds. The van der Waals surface area contributed by atoms with E-state index in [0.717, 1.165) is 48.1 Å². The Bertz CT molecular complexity index is 1020. The molecule has 0 saturated heterocycles. The summed E-state index contributed by atoms with van der Waals surface area (Å²) in [7, 11) is 0. The van der Waals surface area contributed by atoms with E-state index in [1.54, 1.807) is 13.1 Å². The van der Waals surface area contributed by atoms with Crippen LogP contribution in [-0.2, 0) is 6.42 Å². The Hall–Kier alpha value is -3.07. The van der Waals surface area contributed by atoms with Crippen LogP contribution in [0, 0.1) is 0 Å². The first-order valence-electron chi connectivity index (χ1n) is 12.1. The molecule has 0 fully saturated rings. The molecule has 2 nitrogen and oxygen atoms in total. The van der Waals surface area contributed by atoms with Crippen molar-refractivity contribution in [2.75, 3.05) is 0 Å². The molecule has 0 heterocycles. The van der Waals surface area contributed by atoms with Crippen LogP contribution in [-0.4, -0.2) is 18.1 Å². The minimum atomic E-state index is -0.798. The normalized spacial score (nSPS) is 13.9. The third kappa shape index (κ3) is 7.49. The maximum absolute atomic E-state index is 13.7. The average molecular weight is 443 g/mol. The highest BCUT2D eigenvalue weighted by molar-refractivity contribution is 6.13. The van der Waals surface area contributed by atoms with Crippen LogP contribution >= 0.6 is 0 Å². The minimum Gasteiger partial charge on any atom is -0.248 e. The van der Waals surface area contributed by atoms with E-state index in [1.165, 1.54) is 11.1 Å². The number of halogens is 1. The van der Waals surface area contributed by atoms with E-state index in [9.17, 15) is 4.39 Å². The Morgan fingerprint density at radius 1 is 0.848 bits per heavy atom. The predicted octanol–water partition coefficient (Wildman–Crippen LogP) is 8.14. The SMILES string of the molecule is CCCc1ccc(C=NN=C(c2ccccc2)c2ccc(C(CCC)CC(C)F)cc2)cc1. The van der Waals surface area contributed by atoms with Gasteiger partial charge < -0.3 is 0 Å². The lowest BCUT2D eigenvalue weighted by atomic mass is 9.89. The van der Waals surface area contributed by atoms with Crippen molar-refractivity contribution in [2.45, 2.75) is 65.0 Å². The molecule has 3 aromatic rings. The Kier molecular flexibility index (Phi) is 9.56. The van der Waals surface area contributed by atoms with Gasteiger partial charge in [0.25, 0.3) is 0 Å². The molecule has 3 heteroatoms. The van der Waals surface area contributed by atoms with Gasteiger partial charge in [-0.3, -0.25) is 0 Å². The molecular weight excluding hydrogens is 407 g/mol. The summed E-state index contributed by atoms with van der Waals surface area (Å²) in [4.78, 5) is 0. The van der Waals surface area contributed by atoms with Gasteiger partial charge in [-0.05, 0) is 48.8 Å². The number of hydrogen-bond acceptors (Lipinski definition) is 2. The van der Waals surface area contributed by atoms with Crippen molar-refractivity contribution in [3.63, 3.8) is 0 Å². The summed E-state index contributed by atoms with van der Waals surface area (Å²) in [5.41, 5.74) is 6.41. The smallest absolute Gasteiger partial charge is 0.100 e. The van der Waals surface area contributed by atoms with Crippen LogP contribution in [0.3, 0.4) is 0 Å². The standard InChI is InChI=1S/C30H35FN2/c1-4-9-24-13-15-25(16-14-24)22-32-33-30(27-11-7-6-8-12-27)28-19-17-26(18-20-28)29(10-5-2)21-23(3)31/h6-8,11-20,22-23,29H,4-5,9-10,21H2,1-3H3. The molecular formula is C30H35FN2. The first kappa shape index (κ1) is 24.6. The molecule has 33 heavy (non-hydrogen) atoms. The van der Waals surface area contributed by atoms with E-state index in [2.05, 4.69) is 72.6 Å². The van der Waals surface area contributed by atoms with Crippen molar-refractivity contribution >= 4 is 11.9 Å². The van der Waals surface area contributed by atoms with Gasteiger partial charge in [-0.15, -0.1) is 5.10 Å². The van der Waals surface area contributed by atoms with E-state index in [4.69, 9.17) is 0 Å². The van der Waals surface area contributed by atoms with Gasteiger partial charge in [0.15, 0.2) is 0 Å². The lowest BCUT2D eigenvalue weighted by Gasteiger charge is -2.18. The van der Waals surface area contributed by atoms with Crippen LogP contribution < -0.4 is 0 Å². The van der Waals surface area contributed by atoms with Crippen molar-refractivity contribution < 1.29 is 4.39 Å². The zero-order valence-corrected chi connectivity index (χ0v) is 20.0. The lowest BCUT2D eigenvalue weighted by Crippen LogP contribution is -2.07. The number of aryl methyl sites for hydroxylation is 1. The van der Waals surface area contributed by atoms with Crippen molar-refractivity contribution in [3.05, 3.63) is 107 Å². The van der Waals surface area contributed by atoms with Crippen molar-refractivity contribution in [2.24, 2.45) is 10.2 Å². The zero-order valence-electron chi connectivity index (χ0n) is 20.0. The van der Waals surface area contributed by atoms with Crippen LogP contribution in [0.25, 0.3) is 0 Å². The highest BCUT2D eigenvalue weighted by Crippen LogP contribution is 2.28. The number of alkyl halides is 1. The van der Waals surface area contributed by atoms with Crippen LogP contribution in [0.1, 0.15) is 80.2 Å². The second-order valence-corrected chi connectivity index (χ2v) is 8.67. The largest absolute Gasteiger partial charge is 0.248 e. The van der Waals surface area contributed by atoms with Gasteiger partial charge in [-0.25, -0.2) is 4.39 Å². The topological polar surface area (TPSA) is 24.7 Å². The molecule has 0 saturated carbocycles. The van der Waals surface area contributed by atoms with Gasteiger partial charge in [0.1, 0.15) is 5.71 Å². The van der Waals surface area contributed by atoms with Crippen LogP contribution in [0.15, 0.2) is 89.1 Å². The van der Waals surface area contributed by atoms with Crippen LogP contribution in [0.5, 0.6) is 0 Å². The fourth-order valence-electron chi connectivity index (χ4n) is 4.16. The van der Waals surface area contributed by atoms with Gasteiger partial charge >= 0.3 is 0 Å². The maximum Gasteiger partial charge on any atom is 0.100 e. The van der Waals surface area contributed by atoms with Gasteiger partial charge in [-0.1, -0.05) is 106 Å². The molecule has 172 valence electrons. The zero-order chi connectivity index (χ0) is 23.5. The van der Waals surface area contributed by atoms with E-state index in [0.29, 0.717) is 6.42 Å². The number of benzene rings is 3. The van der Waals surface area contributed by atoms with E-state index in [-0.39, 0.29) is 5.92 Å². The number of hydrogen-bond donors (Lipinski definition) is 0. The van der Waals surface area contributed by atoms with Gasteiger partial charge in [-0.2, -0.15) is 5.10 Å². The van der Waals surface area contributed by atoms with Gasteiger partial charge in [0.2, 0.25) is 0 Å². The Morgan fingerprint density at radius 2 is 1.52 bits per heavy atom. The average Bonchev–Trinajstić information content (AvgIpc) is 2.83. The molecule has 2 unspecified atom stereocenters. The molecule has 0 bridgehead atoms. The molecule has 2 atom stereocenters. The molecule has 0 aliphatic heterocycles. The third-order valence-corrected chi connectivity index (χ3v) is 5.83. The molecule has 0 aliphatic carbocycles. The monoisotopic (exact) mass is 442 g/mol. The maximum atomic E-state index is 13.7. The first-order valence-corrected chi connectivity index (χ1v) is 12.1. The highest BCUT2D eigenvalue weighted by atomic mass is 19.1. The second-order valence-electron chi connectivity index (χ2n) is 8.67. The van der Waals surface area contributed by atoms with E-state index < -0.39 is 6.17 Å². The summed E-state index contributed by atoms with van der Waals surface area (Å²) in [6, 6.07) is 27.0. The Labute approximate surface area is 198 Å². The van der Waals surface area contributed by atoms with E-state index >= 15 is 0 Å². The summed E-state index contributed by atoms with van der Waals surface area (Å²) in [5.74, 6) is 0.245. The molecule has 0 N–H and O–H groups in total. The summed E-state index contributed by atoms with van der Waals surface area (Å²) in [6.07, 6.45) is 5.84. The number of rotatable bonds is 11. The lowest BCUT2D eigenvalue weighted by molar-refractivity contribution is 0.312. The molecule has 3 rings (SSSR count). The number of nitrogens with zero attached hydrogens (tertiary/aromatic N) is 2. The summed E-state index contributed by atoms with van der Waals surface area (Å²) in [5, 5.41) is 9.01. The second kappa shape index (κ2) is 12.8. The first-order chi connectivity index (χ1) is 16.1. The summed E-state index contributed by atoms with van der Waals surface area (Å²) in [6.45, 7) is 5.99. The van der Waals surface area contributed by atoms with Crippen LogP contribution in [0.2, 0.25) is 0 Å². The third-order valence-electron chi connectivity index (χ3n) is 5.83. The van der Waals surface area contributed by atoms with Crippen molar-refractivity contribution in [1.29, 1.82) is 0 Å². The van der Waals surface area contributed by atoms with Crippen molar-refractivity contribution in [3.8, 4) is 0 Å². The Morgan fingerprint density at radius 3 is 2.12 bits per heavy atom. The molecule has 3 aromatic carbocycles. The predicted molar refractivity (Wildman–Crippen MR) is 139 cm³/mol. The van der Waals surface area contributed by atoms with E-state index in [1.807, 2.05) is 30.3 Å². The van der Waals surface area contributed by atoms with Crippen LogP contribution in [0.4, 0.5) is 4.39 Å². The summed E-state index contributed by atoms with van der Waals surface area (Å²) >= 11 is 0. The van der Waals surface area contributed by atoms with Crippen molar-refractivity contribution in [1.82, 2.24) is 0 Å². The molecule has 0 aromatic heterocycles. The quantitative estimate of drug-likeness (QED) is 0.211. The molecule has 0 radical (unpaired) electrons. The van der Waals surface area contributed by atoms with Gasteiger partial charge in [0.05, 0.1) is 12.4 Å². The molecule has 0 spiro atoms.